The molecule has 2 N–H and O–H groups in total. The number of nitro groups is 1. The summed E-state index contributed by atoms with van der Waals surface area (Å²) >= 11 is 9.13. The Kier molecular flexibility index (Phi) is 5.53. The average molecular weight is 413 g/mol. The molecule has 2 rings (SSSR count). The number of anilines is 2. The highest BCUT2D eigenvalue weighted by Crippen LogP contribution is 2.28. The van der Waals surface area contributed by atoms with Crippen molar-refractivity contribution in [2.24, 2.45) is 0 Å². The van der Waals surface area contributed by atoms with Crippen LogP contribution in [0.2, 0.25) is 5.02 Å². The number of hydrogen-bond donors (Lipinski definition) is 2. The van der Waals surface area contributed by atoms with Gasteiger partial charge in [-0.25, -0.2) is 0 Å². The number of hydrogen-bond acceptors (Lipinski definition) is 4. The highest BCUT2D eigenvalue weighted by atomic mass is 79.9. The molecule has 0 bridgehead atoms. The van der Waals surface area contributed by atoms with Crippen LogP contribution in [0.25, 0.3) is 0 Å². The van der Waals surface area contributed by atoms with E-state index in [1.165, 1.54) is 37.3 Å². The van der Waals surface area contributed by atoms with Crippen molar-refractivity contribution in [1.82, 2.24) is 0 Å². The van der Waals surface area contributed by atoms with Gasteiger partial charge in [0.15, 0.2) is 0 Å². The molecule has 0 saturated heterocycles. The van der Waals surface area contributed by atoms with E-state index in [-0.39, 0.29) is 26.7 Å². The van der Waals surface area contributed by atoms with Gasteiger partial charge in [-0.3, -0.25) is 19.7 Å². The van der Waals surface area contributed by atoms with Gasteiger partial charge in [-0.05, 0) is 46.3 Å². The fraction of sp³-hybridized carbons (Fsp3) is 0.0667. The Bertz CT molecular complexity index is 841. The molecule has 2 aromatic rings. The van der Waals surface area contributed by atoms with Crippen LogP contribution in [-0.2, 0) is 4.79 Å². The first-order valence-corrected chi connectivity index (χ1v) is 7.77. The summed E-state index contributed by atoms with van der Waals surface area (Å²) in [7, 11) is 0. The van der Waals surface area contributed by atoms with Crippen molar-refractivity contribution in [2.75, 3.05) is 10.6 Å². The molecule has 124 valence electrons. The van der Waals surface area contributed by atoms with Crippen molar-refractivity contribution in [3.8, 4) is 0 Å². The van der Waals surface area contributed by atoms with Crippen molar-refractivity contribution < 1.29 is 14.5 Å². The van der Waals surface area contributed by atoms with E-state index in [0.29, 0.717) is 11.4 Å². The maximum atomic E-state index is 12.2. The van der Waals surface area contributed by atoms with Crippen molar-refractivity contribution in [1.29, 1.82) is 0 Å². The second-order valence-electron chi connectivity index (χ2n) is 4.75. The molecule has 0 aromatic heterocycles. The lowest BCUT2D eigenvalue weighted by atomic mass is 10.2. The Morgan fingerprint density at radius 2 is 1.88 bits per heavy atom. The van der Waals surface area contributed by atoms with Crippen LogP contribution in [0.1, 0.15) is 17.3 Å². The number of carbonyl (C=O) groups excluding carboxylic acids is 2. The number of halogens is 2. The van der Waals surface area contributed by atoms with Gasteiger partial charge in [-0.2, -0.15) is 0 Å². The first-order chi connectivity index (χ1) is 11.3. The monoisotopic (exact) mass is 411 g/mol. The van der Waals surface area contributed by atoms with Crippen LogP contribution < -0.4 is 10.6 Å². The fourth-order valence-electron chi connectivity index (χ4n) is 1.89. The Morgan fingerprint density at radius 3 is 2.46 bits per heavy atom. The molecule has 9 heteroatoms. The molecule has 0 aliphatic heterocycles. The van der Waals surface area contributed by atoms with Crippen molar-refractivity contribution in [3.63, 3.8) is 0 Å². The maximum absolute atomic E-state index is 12.2. The number of nitro benzene ring substituents is 1. The molecule has 0 aliphatic rings. The lowest BCUT2D eigenvalue weighted by Crippen LogP contribution is -2.13. The number of benzene rings is 2. The molecule has 0 aliphatic carbocycles. The van der Waals surface area contributed by atoms with Crippen molar-refractivity contribution in [2.45, 2.75) is 6.92 Å². The van der Waals surface area contributed by atoms with Crippen molar-refractivity contribution >= 4 is 56.4 Å². The van der Waals surface area contributed by atoms with Crippen LogP contribution in [0.3, 0.4) is 0 Å². The molecule has 2 amide bonds. The van der Waals surface area contributed by atoms with Crippen LogP contribution in [-0.4, -0.2) is 16.7 Å². The lowest BCUT2D eigenvalue weighted by Gasteiger charge is -2.09. The molecule has 0 heterocycles. The fourth-order valence-corrected chi connectivity index (χ4v) is 2.50. The number of rotatable bonds is 4. The van der Waals surface area contributed by atoms with E-state index in [2.05, 4.69) is 26.6 Å². The summed E-state index contributed by atoms with van der Waals surface area (Å²) in [6.45, 7) is 1.37. The Labute approximate surface area is 150 Å². The predicted molar refractivity (Wildman–Crippen MR) is 94.5 cm³/mol. The SMILES string of the molecule is CC(=O)Nc1ccc(NC(=O)c2ccc(Br)c([N+](=O)[O-])c2)c(Cl)c1. The van der Waals surface area contributed by atoms with Gasteiger partial charge in [0.2, 0.25) is 5.91 Å². The standard InChI is InChI=1S/C15H11BrClN3O4/c1-8(21)18-10-3-5-13(12(17)7-10)19-15(22)9-2-4-11(16)14(6-9)20(23)24/h2-7H,1H3,(H,18,21)(H,19,22). The van der Waals surface area contributed by atoms with E-state index in [9.17, 15) is 19.7 Å². The van der Waals surface area contributed by atoms with E-state index in [0.717, 1.165) is 0 Å². The molecule has 7 nitrogen and oxygen atoms in total. The van der Waals surface area contributed by atoms with E-state index in [1.54, 1.807) is 6.07 Å². The number of nitrogens with zero attached hydrogens (tertiary/aromatic N) is 1. The molecule has 0 fully saturated rings. The van der Waals surface area contributed by atoms with Crippen LogP contribution in [0.4, 0.5) is 17.1 Å². The Hall–Kier alpha value is -2.45. The number of amides is 2. The number of carbonyl (C=O) groups is 2. The second kappa shape index (κ2) is 7.41. The highest BCUT2D eigenvalue weighted by Gasteiger charge is 2.16. The minimum atomic E-state index is -0.587. The molecule has 0 spiro atoms. The minimum Gasteiger partial charge on any atom is -0.326 e. The third-order valence-corrected chi connectivity index (χ3v) is 3.93. The second-order valence-corrected chi connectivity index (χ2v) is 6.01. The van der Waals surface area contributed by atoms with Gasteiger partial charge in [-0.15, -0.1) is 0 Å². The Morgan fingerprint density at radius 1 is 1.17 bits per heavy atom. The van der Waals surface area contributed by atoms with Gasteiger partial charge in [0.1, 0.15) is 0 Å². The van der Waals surface area contributed by atoms with Crippen LogP contribution in [0.15, 0.2) is 40.9 Å². The van der Waals surface area contributed by atoms with Gasteiger partial charge >= 0.3 is 0 Å². The number of nitrogens with one attached hydrogen (secondary N) is 2. The Balaban J connectivity index is 2.22. The largest absolute Gasteiger partial charge is 0.326 e. The molecular formula is C15H11BrClN3O4. The first-order valence-electron chi connectivity index (χ1n) is 6.60. The smallest absolute Gasteiger partial charge is 0.284 e. The van der Waals surface area contributed by atoms with Crippen LogP contribution >= 0.6 is 27.5 Å². The molecule has 0 saturated carbocycles. The minimum absolute atomic E-state index is 0.118. The zero-order valence-corrected chi connectivity index (χ0v) is 14.6. The normalized spacial score (nSPS) is 10.1. The summed E-state index contributed by atoms with van der Waals surface area (Å²) in [5, 5.41) is 16.3. The van der Waals surface area contributed by atoms with Crippen LogP contribution in [0.5, 0.6) is 0 Å². The van der Waals surface area contributed by atoms with E-state index in [1.807, 2.05) is 0 Å². The molecule has 0 atom stereocenters. The zero-order chi connectivity index (χ0) is 17.9. The summed E-state index contributed by atoms with van der Waals surface area (Å²) < 4.78 is 0.279. The van der Waals surface area contributed by atoms with Gasteiger partial charge < -0.3 is 10.6 Å². The third-order valence-electron chi connectivity index (χ3n) is 2.94. The molecule has 0 radical (unpaired) electrons. The maximum Gasteiger partial charge on any atom is 0.284 e. The quantitative estimate of drug-likeness (QED) is 0.580. The van der Waals surface area contributed by atoms with Crippen molar-refractivity contribution in [3.05, 3.63) is 61.6 Å². The van der Waals surface area contributed by atoms with Gasteiger partial charge in [0, 0.05) is 24.2 Å². The van der Waals surface area contributed by atoms with E-state index < -0.39 is 10.8 Å². The highest BCUT2D eigenvalue weighted by molar-refractivity contribution is 9.10. The van der Waals surface area contributed by atoms with Gasteiger partial charge in [0.05, 0.1) is 20.1 Å². The van der Waals surface area contributed by atoms with E-state index in [4.69, 9.17) is 11.6 Å². The topological polar surface area (TPSA) is 101 Å². The molecule has 2 aromatic carbocycles. The molecule has 24 heavy (non-hydrogen) atoms. The zero-order valence-electron chi connectivity index (χ0n) is 12.3. The summed E-state index contributed by atoms with van der Waals surface area (Å²) in [6.07, 6.45) is 0. The average Bonchev–Trinajstić information content (AvgIpc) is 2.49. The summed E-state index contributed by atoms with van der Waals surface area (Å²) in [5.41, 5.74) is 0.716. The first kappa shape index (κ1) is 17.9. The third kappa shape index (κ3) is 4.30. The lowest BCUT2D eigenvalue weighted by molar-refractivity contribution is -0.385. The summed E-state index contributed by atoms with van der Waals surface area (Å²) in [5.74, 6) is -0.787. The van der Waals surface area contributed by atoms with E-state index >= 15 is 0 Å². The van der Waals surface area contributed by atoms with Crippen LogP contribution in [0, 0.1) is 10.1 Å². The van der Waals surface area contributed by atoms with Gasteiger partial charge in [-0.1, -0.05) is 11.6 Å². The summed E-state index contributed by atoms with van der Waals surface area (Å²) in [6, 6.07) is 8.63. The van der Waals surface area contributed by atoms with Gasteiger partial charge in [0.25, 0.3) is 11.6 Å². The summed E-state index contributed by atoms with van der Waals surface area (Å²) in [4.78, 5) is 33.6. The predicted octanol–water partition coefficient (Wildman–Crippen LogP) is 4.22. The molecular weight excluding hydrogens is 402 g/mol. The molecule has 0 unspecified atom stereocenters.